The number of furan rings is 1. The van der Waals surface area contributed by atoms with Gasteiger partial charge in [-0.25, -0.2) is 4.31 Å². The van der Waals surface area contributed by atoms with Crippen LogP contribution < -0.4 is 0 Å². The van der Waals surface area contributed by atoms with Gasteiger partial charge in [-0.3, -0.25) is 0 Å². The Morgan fingerprint density at radius 2 is 2.25 bits per heavy atom. The van der Waals surface area contributed by atoms with Crippen LogP contribution in [0.4, 0.5) is 0 Å². The van der Waals surface area contributed by atoms with Crippen molar-refractivity contribution in [3.63, 3.8) is 0 Å². The van der Waals surface area contributed by atoms with Crippen LogP contribution in [0.3, 0.4) is 0 Å². The minimum Gasteiger partial charge on any atom is -0.454 e. The van der Waals surface area contributed by atoms with E-state index in [-0.39, 0.29) is 0 Å². The second-order valence-electron chi connectivity index (χ2n) is 5.44. The molecule has 0 amide bonds. The van der Waals surface area contributed by atoms with Crippen LogP contribution >= 0.6 is 11.9 Å². The van der Waals surface area contributed by atoms with Crippen LogP contribution in [-0.2, 0) is 0 Å². The summed E-state index contributed by atoms with van der Waals surface area (Å²) in [5.41, 5.74) is 0.661. The number of aryl methyl sites for hydroxylation is 1. The fourth-order valence-electron chi connectivity index (χ4n) is 3.02. The van der Waals surface area contributed by atoms with Gasteiger partial charge in [0.05, 0.1) is 0 Å². The fraction of sp³-hybridized carbons (Fsp3) is 0.692. The molecule has 0 bridgehead atoms. The summed E-state index contributed by atoms with van der Waals surface area (Å²) in [6.07, 6.45) is 5.68. The molecule has 3 heteroatoms. The Morgan fingerprint density at radius 1 is 1.44 bits per heavy atom. The third kappa shape index (κ3) is 1.80. The highest BCUT2D eigenvalue weighted by Gasteiger charge is 2.46. The van der Waals surface area contributed by atoms with Crippen molar-refractivity contribution in [2.75, 3.05) is 6.54 Å². The summed E-state index contributed by atoms with van der Waals surface area (Å²) in [6, 6.07) is 4.82. The average Bonchev–Trinajstić information content (AvgIpc) is 2.72. The largest absolute Gasteiger partial charge is 0.454 e. The van der Waals surface area contributed by atoms with Gasteiger partial charge >= 0.3 is 0 Å². The van der Waals surface area contributed by atoms with Gasteiger partial charge in [0.25, 0.3) is 0 Å². The molecule has 1 unspecified atom stereocenters. The predicted molar refractivity (Wildman–Crippen MR) is 66.4 cm³/mol. The maximum atomic E-state index is 5.63. The van der Waals surface area contributed by atoms with Crippen molar-refractivity contribution in [2.24, 2.45) is 5.41 Å². The van der Waals surface area contributed by atoms with Crippen LogP contribution in [0.15, 0.2) is 21.6 Å². The number of nitrogens with zero attached hydrogens (tertiary/aromatic N) is 1. The zero-order chi connectivity index (χ0) is 11.2. The Balaban J connectivity index is 1.67. The fourth-order valence-corrected chi connectivity index (χ4v) is 4.14. The van der Waals surface area contributed by atoms with Crippen molar-refractivity contribution in [3.05, 3.63) is 17.9 Å². The van der Waals surface area contributed by atoms with Crippen LogP contribution in [0, 0.1) is 12.3 Å². The second kappa shape index (κ2) is 3.81. The molecule has 88 valence electrons. The van der Waals surface area contributed by atoms with E-state index in [9.17, 15) is 0 Å². The molecule has 2 nitrogen and oxygen atoms in total. The lowest BCUT2D eigenvalue weighted by atomic mass is 9.68. The molecule has 1 aliphatic carbocycles. The van der Waals surface area contributed by atoms with E-state index in [2.05, 4.69) is 17.3 Å². The SMILES string of the molecule is Cc1ccc(SN2CC3(CCC3)CC2C)o1. The van der Waals surface area contributed by atoms with Crippen molar-refractivity contribution in [1.82, 2.24) is 4.31 Å². The van der Waals surface area contributed by atoms with Gasteiger partial charge in [-0.15, -0.1) is 0 Å². The van der Waals surface area contributed by atoms with Crippen LogP contribution in [0.25, 0.3) is 0 Å². The Hall–Kier alpha value is -0.410. The standard InChI is InChI=1S/C13H19NOS/c1-10-8-13(6-3-7-13)9-14(10)16-12-5-4-11(2)15-12/h4-5,10H,3,6-9H2,1-2H3. The normalized spacial score (nSPS) is 28.5. The summed E-state index contributed by atoms with van der Waals surface area (Å²) >= 11 is 1.80. The van der Waals surface area contributed by atoms with Crippen LogP contribution in [-0.4, -0.2) is 16.9 Å². The van der Waals surface area contributed by atoms with Crippen molar-refractivity contribution in [3.8, 4) is 0 Å². The molecule has 0 aromatic carbocycles. The Kier molecular flexibility index (Phi) is 2.55. The molecule has 2 heterocycles. The van der Waals surface area contributed by atoms with E-state index in [1.807, 2.05) is 13.0 Å². The topological polar surface area (TPSA) is 16.4 Å². The smallest absolute Gasteiger partial charge is 0.175 e. The molecule has 0 radical (unpaired) electrons. The van der Waals surface area contributed by atoms with Crippen molar-refractivity contribution >= 4 is 11.9 Å². The van der Waals surface area contributed by atoms with Crippen molar-refractivity contribution < 1.29 is 4.42 Å². The van der Waals surface area contributed by atoms with Crippen LogP contribution in [0.1, 0.15) is 38.4 Å². The molecular formula is C13H19NOS. The lowest BCUT2D eigenvalue weighted by Crippen LogP contribution is -2.31. The van der Waals surface area contributed by atoms with Gasteiger partial charge in [-0.05, 0) is 62.6 Å². The van der Waals surface area contributed by atoms with E-state index in [4.69, 9.17) is 4.42 Å². The van der Waals surface area contributed by atoms with E-state index < -0.39 is 0 Å². The average molecular weight is 237 g/mol. The minimum atomic E-state index is 0.661. The van der Waals surface area contributed by atoms with Gasteiger partial charge in [-0.1, -0.05) is 6.42 Å². The lowest BCUT2D eigenvalue weighted by Gasteiger charge is -2.37. The molecule has 1 saturated carbocycles. The number of rotatable bonds is 2. The molecule has 16 heavy (non-hydrogen) atoms. The summed E-state index contributed by atoms with van der Waals surface area (Å²) in [6.45, 7) is 5.60. The Morgan fingerprint density at radius 3 is 2.75 bits per heavy atom. The van der Waals surface area contributed by atoms with Gasteiger partial charge in [0, 0.05) is 12.6 Å². The van der Waals surface area contributed by atoms with Gasteiger partial charge in [0.2, 0.25) is 0 Å². The van der Waals surface area contributed by atoms with Crippen molar-refractivity contribution in [2.45, 2.75) is 50.7 Å². The van der Waals surface area contributed by atoms with Gasteiger partial charge < -0.3 is 4.42 Å². The van der Waals surface area contributed by atoms with Gasteiger partial charge in [-0.2, -0.15) is 0 Å². The summed E-state index contributed by atoms with van der Waals surface area (Å²) in [5, 5.41) is 1.04. The molecule has 1 spiro atoms. The zero-order valence-electron chi connectivity index (χ0n) is 10.0. The highest BCUT2D eigenvalue weighted by molar-refractivity contribution is 7.96. The third-order valence-electron chi connectivity index (χ3n) is 4.05. The first kappa shape index (κ1) is 10.7. The zero-order valence-corrected chi connectivity index (χ0v) is 10.8. The molecule has 1 atom stereocenters. The summed E-state index contributed by atoms with van der Waals surface area (Å²) in [5.74, 6) is 1.01. The van der Waals surface area contributed by atoms with Gasteiger partial charge in [0.1, 0.15) is 5.76 Å². The third-order valence-corrected chi connectivity index (χ3v) is 5.17. The highest BCUT2D eigenvalue weighted by Crippen LogP contribution is 2.52. The molecule has 0 N–H and O–H groups in total. The first-order chi connectivity index (χ1) is 7.67. The molecule has 1 aliphatic heterocycles. The summed E-state index contributed by atoms with van der Waals surface area (Å²) in [4.78, 5) is 0. The van der Waals surface area contributed by atoms with E-state index in [1.165, 1.54) is 32.2 Å². The maximum Gasteiger partial charge on any atom is 0.175 e. The molecule has 1 saturated heterocycles. The second-order valence-corrected chi connectivity index (χ2v) is 6.49. The maximum absolute atomic E-state index is 5.63. The van der Waals surface area contributed by atoms with Crippen LogP contribution in [0.5, 0.6) is 0 Å². The first-order valence-electron chi connectivity index (χ1n) is 6.18. The minimum absolute atomic E-state index is 0.661. The molecule has 2 fully saturated rings. The summed E-state index contributed by atoms with van der Waals surface area (Å²) < 4.78 is 8.15. The molecule has 1 aromatic heterocycles. The molecule has 2 aliphatic rings. The highest BCUT2D eigenvalue weighted by atomic mass is 32.2. The molecular weight excluding hydrogens is 218 g/mol. The lowest BCUT2D eigenvalue weighted by molar-refractivity contribution is 0.153. The van der Waals surface area contributed by atoms with Crippen LogP contribution in [0.2, 0.25) is 0 Å². The van der Waals surface area contributed by atoms with E-state index in [1.54, 1.807) is 11.9 Å². The number of hydrogen-bond donors (Lipinski definition) is 0. The molecule has 1 aromatic rings. The van der Waals surface area contributed by atoms with E-state index >= 15 is 0 Å². The monoisotopic (exact) mass is 237 g/mol. The first-order valence-corrected chi connectivity index (χ1v) is 6.95. The quantitative estimate of drug-likeness (QED) is 0.727. The van der Waals surface area contributed by atoms with Crippen molar-refractivity contribution in [1.29, 1.82) is 0 Å². The number of hydrogen-bond acceptors (Lipinski definition) is 3. The molecule has 3 rings (SSSR count). The van der Waals surface area contributed by atoms with E-state index in [0.29, 0.717) is 11.5 Å². The Bertz CT molecular complexity index is 383. The van der Waals surface area contributed by atoms with E-state index in [0.717, 1.165) is 10.9 Å². The Labute approximate surface area is 102 Å². The van der Waals surface area contributed by atoms with Gasteiger partial charge in [0.15, 0.2) is 5.09 Å². The predicted octanol–water partition coefficient (Wildman–Crippen LogP) is 3.86. The summed E-state index contributed by atoms with van der Waals surface area (Å²) in [7, 11) is 0.